The van der Waals surface area contributed by atoms with E-state index in [1.807, 2.05) is 43.3 Å². The molecule has 0 bridgehead atoms. The van der Waals surface area contributed by atoms with Crippen LogP contribution >= 0.6 is 11.6 Å². The van der Waals surface area contributed by atoms with Gasteiger partial charge < -0.3 is 10.7 Å². The molecule has 0 amide bonds. The third-order valence-electron chi connectivity index (χ3n) is 3.16. The van der Waals surface area contributed by atoms with Crippen LogP contribution in [0, 0.1) is 6.92 Å². The highest BCUT2D eigenvalue weighted by Gasteiger charge is 2.09. The van der Waals surface area contributed by atoms with Crippen molar-refractivity contribution in [1.82, 2.24) is 9.97 Å². The molecule has 3 nitrogen and oxygen atoms in total. The van der Waals surface area contributed by atoms with E-state index >= 15 is 0 Å². The van der Waals surface area contributed by atoms with Gasteiger partial charge in [0, 0.05) is 12.1 Å². The second kappa shape index (κ2) is 4.68. The van der Waals surface area contributed by atoms with E-state index in [9.17, 15) is 0 Å². The van der Waals surface area contributed by atoms with Crippen LogP contribution < -0.4 is 5.73 Å². The Balaban J connectivity index is 2.14. The number of imidazole rings is 1. The number of H-pyrrole nitrogens is 1. The second-order valence-corrected chi connectivity index (χ2v) is 5.03. The molecule has 2 aromatic carbocycles. The van der Waals surface area contributed by atoms with Gasteiger partial charge in [-0.25, -0.2) is 4.98 Å². The van der Waals surface area contributed by atoms with Crippen LogP contribution in [0.5, 0.6) is 0 Å². The lowest BCUT2D eigenvalue weighted by atomic mass is 10.1. The number of nitrogens with zero attached hydrogens (tertiary/aromatic N) is 1. The molecule has 3 N–H and O–H groups in total. The number of benzene rings is 2. The summed E-state index contributed by atoms with van der Waals surface area (Å²) in [6.07, 6.45) is 0. The maximum atomic E-state index is 6.27. The highest BCUT2D eigenvalue weighted by molar-refractivity contribution is 6.33. The average molecular weight is 272 g/mol. The van der Waals surface area contributed by atoms with Crippen molar-refractivity contribution < 1.29 is 0 Å². The zero-order chi connectivity index (χ0) is 13.4. The number of aromatic amines is 1. The first-order valence-corrected chi connectivity index (χ1v) is 6.50. The average Bonchev–Trinajstić information content (AvgIpc) is 2.80. The van der Waals surface area contributed by atoms with Gasteiger partial charge in [-0.15, -0.1) is 0 Å². The largest absolute Gasteiger partial charge is 0.338 e. The Morgan fingerprint density at radius 2 is 2.05 bits per heavy atom. The van der Waals surface area contributed by atoms with Crippen molar-refractivity contribution in [2.45, 2.75) is 13.5 Å². The van der Waals surface area contributed by atoms with Crippen LogP contribution in [0.4, 0.5) is 0 Å². The van der Waals surface area contributed by atoms with Crippen molar-refractivity contribution in [3.05, 3.63) is 52.5 Å². The number of fused-ring (bicyclic) bond motifs is 1. The maximum absolute atomic E-state index is 6.27. The SMILES string of the molecule is Cc1ccc(-c2nc3ccc(CN)cc3[nH]2)c(Cl)c1. The van der Waals surface area contributed by atoms with E-state index in [-0.39, 0.29) is 0 Å². The lowest BCUT2D eigenvalue weighted by Crippen LogP contribution is -1.95. The molecular formula is C15H14ClN3. The Labute approximate surface area is 116 Å². The van der Waals surface area contributed by atoms with E-state index in [1.54, 1.807) is 0 Å². The van der Waals surface area contributed by atoms with E-state index in [1.165, 1.54) is 0 Å². The first kappa shape index (κ1) is 12.2. The lowest BCUT2D eigenvalue weighted by Gasteiger charge is -2.01. The summed E-state index contributed by atoms with van der Waals surface area (Å²) in [5.74, 6) is 0.786. The van der Waals surface area contributed by atoms with Crippen molar-refractivity contribution >= 4 is 22.6 Å². The predicted molar refractivity (Wildman–Crippen MR) is 79.2 cm³/mol. The molecule has 0 fully saturated rings. The van der Waals surface area contributed by atoms with Crippen molar-refractivity contribution in [2.75, 3.05) is 0 Å². The molecule has 1 aromatic heterocycles. The summed E-state index contributed by atoms with van der Waals surface area (Å²) in [4.78, 5) is 7.86. The number of hydrogen-bond donors (Lipinski definition) is 2. The van der Waals surface area contributed by atoms with Crippen molar-refractivity contribution in [2.24, 2.45) is 5.73 Å². The molecule has 0 saturated carbocycles. The fraction of sp³-hybridized carbons (Fsp3) is 0.133. The second-order valence-electron chi connectivity index (χ2n) is 4.62. The van der Waals surface area contributed by atoms with Crippen LogP contribution in [-0.2, 0) is 6.54 Å². The van der Waals surface area contributed by atoms with Gasteiger partial charge in [0.15, 0.2) is 0 Å². The molecule has 0 atom stereocenters. The van der Waals surface area contributed by atoms with Crippen molar-refractivity contribution in [3.8, 4) is 11.4 Å². The Hall–Kier alpha value is -1.84. The molecule has 0 radical (unpaired) electrons. The van der Waals surface area contributed by atoms with Crippen LogP contribution in [0.3, 0.4) is 0 Å². The Kier molecular flexibility index (Phi) is 3.01. The third-order valence-corrected chi connectivity index (χ3v) is 3.47. The first-order valence-electron chi connectivity index (χ1n) is 6.12. The molecule has 0 aliphatic heterocycles. The Morgan fingerprint density at radius 3 is 2.79 bits per heavy atom. The summed E-state index contributed by atoms with van der Waals surface area (Å²) in [6.45, 7) is 2.54. The van der Waals surface area contributed by atoms with E-state index in [2.05, 4.69) is 9.97 Å². The molecular weight excluding hydrogens is 258 g/mol. The molecule has 0 spiro atoms. The number of rotatable bonds is 2. The molecule has 3 aromatic rings. The first-order chi connectivity index (χ1) is 9.17. The number of hydrogen-bond acceptors (Lipinski definition) is 2. The molecule has 96 valence electrons. The van der Waals surface area contributed by atoms with E-state index < -0.39 is 0 Å². The smallest absolute Gasteiger partial charge is 0.139 e. The molecule has 0 saturated heterocycles. The van der Waals surface area contributed by atoms with Gasteiger partial charge in [0.05, 0.1) is 16.1 Å². The van der Waals surface area contributed by atoms with E-state index in [0.717, 1.165) is 33.5 Å². The topological polar surface area (TPSA) is 54.7 Å². The summed E-state index contributed by atoms with van der Waals surface area (Å²) in [5.41, 5.74) is 10.7. The normalized spacial score (nSPS) is 11.1. The van der Waals surface area contributed by atoms with Crippen LogP contribution in [0.2, 0.25) is 5.02 Å². The number of nitrogens with two attached hydrogens (primary N) is 1. The minimum absolute atomic E-state index is 0.523. The number of halogens is 1. The summed E-state index contributed by atoms with van der Waals surface area (Å²) in [7, 11) is 0. The molecule has 19 heavy (non-hydrogen) atoms. The van der Waals surface area contributed by atoms with Gasteiger partial charge in [0.1, 0.15) is 5.82 Å². The number of aryl methyl sites for hydroxylation is 1. The van der Waals surface area contributed by atoms with E-state index in [0.29, 0.717) is 11.6 Å². The molecule has 0 aliphatic rings. The zero-order valence-corrected chi connectivity index (χ0v) is 11.3. The summed E-state index contributed by atoms with van der Waals surface area (Å²) < 4.78 is 0. The minimum Gasteiger partial charge on any atom is -0.338 e. The Morgan fingerprint density at radius 1 is 1.21 bits per heavy atom. The minimum atomic E-state index is 0.523. The van der Waals surface area contributed by atoms with Crippen LogP contribution in [0.25, 0.3) is 22.4 Å². The standard InChI is InChI=1S/C15H14ClN3/c1-9-2-4-11(12(16)6-9)15-18-13-5-3-10(8-17)7-14(13)19-15/h2-7H,8,17H2,1H3,(H,18,19). The summed E-state index contributed by atoms with van der Waals surface area (Å²) in [6, 6.07) is 11.9. The van der Waals surface area contributed by atoms with Gasteiger partial charge >= 0.3 is 0 Å². The molecule has 0 aliphatic carbocycles. The number of aromatic nitrogens is 2. The van der Waals surface area contributed by atoms with Gasteiger partial charge in [-0.1, -0.05) is 23.7 Å². The van der Waals surface area contributed by atoms with Crippen molar-refractivity contribution in [3.63, 3.8) is 0 Å². The summed E-state index contributed by atoms with van der Waals surface area (Å²) >= 11 is 6.27. The predicted octanol–water partition coefficient (Wildman–Crippen LogP) is 3.65. The van der Waals surface area contributed by atoms with E-state index in [4.69, 9.17) is 17.3 Å². The quantitative estimate of drug-likeness (QED) is 0.747. The molecule has 0 unspecified atom stereocenters. The molecule has 3 rings (SSSR count). The van der Waals surface area contributed by atoms with Gasteiger partial charge in [-0.3, -0.25) is 0 Å². The molecule has 1 heterocycles. The van der Waals surface area contributed by atoms with Crippen LogP contribution in [0.15, 0.2) is 36.4 Å². The Bertz CT molecular complexity index is 746. The summed E-state index contributed by atoms with van der Waals surface area (Å²) in [5, 5.41) is 0.707. The van der Waals surface area contributed by atoms with Crippen LogP contribution in [0.1, 0.15) is 11.1 Å². The zero-order valence-electron chi connectivity index (χ0n) is 10.6. The highest BCUT2D eigenvalue weighted by Crippen LogP contribution is 2.28. The monoisotopic (exact) mass is 271 g/mol. The fourth-order valence-electron chi connectivity index (χ4n) is 2.12. The van der Waals surface area contributed by atoms with Crippen LogP contribution in [-0.4, -0.2) is 9.97 Å². The third kappa shape index (κ3) is 2.23. The van der Waals surface area contributed by atoms with Gasteiger partial charge in [-0.2, -0.15) is 0 Å². The fourth-order valence-corrected chi connectivity index (χ4v) is 2.45. The van der Waals surface area contributed by atoms with Gasteiger partial charge in [-0.05, 0) is 42.3 Å². The van der Waals surface area contributed by atoms with Gasteiger partial charge in [0.25, 0.3) is 0 Å². The molecule has 4 heteroatoms. The maximum Gasteiger partial charge on any atom is 0.139 e. The highest BCUT2D eigenvalue weighted by atomic mass is 35.5. The number of nitrogens with one attached hydrogen (secondary N) is 1. The lowest BCUT2D eigenvalue weighted by molar-refractivity contribution is 1.07. The van der Waals surface area contributed by atoms with Crippen molar-refractivity contribution in [1.29, 1.82) is 0 Å². The van der Waals surface area contributed by atoms with Gasteiger partial charge in [0.2, 0.25) is 0 Å².